The van der Waals surface area contributed by atoms with Crippen LogP contribution >= 0.6 is 7.52 Å². The van der Waals surface area contributed by atoms with Crippen LogP contribution in [0.1, 0.15) is 54.0 Å². The van der Waals surface area contributed by atoms with E-state index in [9.17, 15) is 14.2 Å². The van der Waals surface area contributed by atoms with Crippen LogP contribution in [0.3, 0.4) is 0 Å². The van der Waals surface area contributed by atoms with Crippen molar-refractivity contribution in [2.45, 2.75) is 91.4 Å². The predicted octanol–water partition coefficient (Wildman–Crippen LogP) is 3.86. The summed E-state index contributed by atoms with van der Waals surface area (Å²) in [6, 6.07) is 9.15. The van der Waals surface area contributed by atoms with Gasteiger partial charge in [-0.05, 0) is 54.0 Å². The van der Waals surface area contributed by atoms with Crippen molar-refractivity contribution in [2.75, 3.05) is 12.1 Å². The molecule has 3 aromatic rings. The number of ether oxygens (including phenoxy) is 3. The van der Waals surface area contributed by atoms with Gasteiger partial charge in [-0.15, -0.1) is 0 Å². The van der Waals surface area contributed by atoms with E-state index in [1.54, 1.807) is 45.5 Å². The minimum atomic E-state index is -4.07. The number of aromatic nitrogens is 4. The highest BCUT2D eigenvalue weighted by Crippen LogP contribution is 2.47. The molecule has 0 aliphatic carbocycles. The third-order valence-corrected chi connectivity index (χ3v) is 7.88. The van der Waals surface area contributed by atoms with Crippen molar-refractivity contribution >= 4 is 36.4 Å². The third-order valence-electron chi connectivity index (χ3n) is 5.89. The van der Waals surface area contributed by atoms with Crippen LogP contribution in [0.4, 0.5) is 5.82 Å². The Labute approximate surface area is 246 Å². The topological polar surface area (TPSA) is 170 Å². The highest BCUT2D eigenvalue weighted by molar-refractivity contribution is 7.56. The van der Waals surface area contributed by atoms with Crippen molar-refractivity contribution < 1.29 is 32.9 Å². The Morgan fingerprint density at radius 1 is 1.02 bits per heavy atom. The molecule has 13 nitrogen and oxygen atoms in total. The number of nitrogen functional groups attached to an aromatic ring is 1. The van der Waals surface area contributed by atoms with Gasteiger partial charge in [0.1, 0.15) is 23.7 Å². The molecule has 2 heterocycles. The van der Waals surface area contributed by atoms with Gasteiger partial charge in [-0.25, -0.2) is 24.8 Å². The Kier molecular flexibility index (Phi) is 11.2. The number of carbonyl (C=O) groups is 2. The van der Waals surface area contributed by atoms with E-state index in [4.69, 9.17) is 24.5 Å². The molecule has 2 aromatic heterocycles. The van der Waals surface area contributed by atoms with Gasteiger partial charge in [0.05, 0.1) is 31.2 Å². The fourth-order valence-electron chi connectivity index (χ4n) is 4.01. The maximum Gasteiger partial charge on any atom is 0.336 e. The zero-order valence-corrected chi connectivity index (χ0v) is 26.0. The molecule has 42 heavy (non-hydrogen) atoms. The second-order valence-electron chi connectivity index (χ2n) is 11.1. The number of fused-ring (bicyclic) bond motifs is 1. The summed E-state index contributed by atoms with van der Waals surface area (Å²) in [7, 11) is -4.07. The number of benzene rings is 1. The predicted molar refractivity (Wildman–Crippen MR) is 157 cm³/mol. The van der Waals surface area contributed by atoms with Crippen molar-refractivity contribution in [3.8, 4) is 0 Å². The second-order valence-corrected chi connectivity index (χ2v) is 13.1. The van der Waals surface area contributed by atoms with Crippen LogP contribution in [0.25, 0.3) is 11.2 Å². The molecule has 0 amide bonds. The highest BCUT2D eigenvalue weighted by Gasteiger charge is 2.42. The summed E-state index contributed by atoms with van der Waals surface area (Å²) >= 11 is 0. The van der Waals surface area contributed by atoms with Gasteiger partial charge in [-0.2, -0.15) is 0 Å². The molecule has 3 N–H and O–H groups in total. The smallest absolute Gasteiger partial charge is 0.336 e. The zero-order chi connectivity index (χ0) is 31.1. The fraction of sp³-hybridized carbons (Fsp3) is 0.536. The van der Waals surface area contributed by atoms with Crippen LogP contribution in [-0.2, 0) is 45.9 Å². The fourth-order valence-corrected chi connectivity index (χ4v) is 6.16. The Morgan fingerprint density at radius 3 is 2.33 bits per heavy atom. The first kappa shape index (κ1) is 33.1. The number of nitrogens with one attached hydrogen (secondary N) is 1. The molecule has 0 spiro atoms. The number of esters is 2. The van der Waals surface area contributed by atoms with Crippen LogP contribution in [0.5, 0.6) is 0 Å². The quantitative estimate of drug-likeness (QED) is 0.190. The molecule has 1 unspecified atom stereocenters. The lowest BCUT2D eigenvalue weighted by Gasteiger charge is -2.32. The summed E-state index contributed by atoms with van der Waals surface area (Å²) in [5, 5.41) is 2.82. The monoisotopic (exact) mass is 604 g/mol. The molecule has 230 valence electrons. The van der Waals surface area contributed by atoms with E-state index < -0.39 is 55.8 Å². The maximum absolute atomic E-state index is 14.4. The number of hydrogen-bond acceptors (Lipinski definition) is 11. The molecule has 0 saturated heterocycles. The van der Waals surface area contributed by atoms with Crippen LogP contribution in [0.15, 0.2) is 43.0 Å². The molecule has 0 aliphatic heterocycles. The largest absolute Gasteiger partial charge is 0.462 e. The van der Waals surface area contributed by atoms with E-state index in [0.717, 1.165) is 5.56 Å². The highest BCUT2D eigenvalue weighted by atomic mass is 31.2. The molecule has 0 bridgehead atoms. The Morgan fingerprint density at radius 2 is 1.69 bits per heavy atom. The Bertz CT molecular complexity index is 1400. The molecular formula is C28H41N6O7P. The Balaban J connectivity index is 1.86. The minimum absolute atomic E-state index is 0.0899. The lowest BCUT2D eigenvalue weighted by Crippen LogP contribution is -2.48. The molecule has 14 heteroatoms. The number of rotatable bonds is 15. The van der Waals surface area contributed by atoms with Gasteiger partial charge in [0, 0.05) is 6.42 Å². The summed E-state index contributed by atoms with van der Waals surface area (Å²) in [4.78, 5) is 38.4. The minimum Gasteiger partial charge on any atom is -0.462 e. The number of nitrogens with two attached hydrogens (primary N) is 1. The molecule has 0 saturated carbocycles. The first-order chi connectivity index (χ1) is 19.7. The average molecular weight is 605 g/mol. The van der Waals surface area contributed by atoms with E-state index in [0.29, 0.717) is 11.2 Å². The van der Waals surface area contributed by atoms with Crippen LogP contribution < -0.4 is 10.8 Å². The van der Waals surface area contributed by atoms with E-state index in [2.05, 4.69) is 20.0 Å². The Hall–Kier alpha value is -3.38. The summed E-state index contributed by atoms with van der Waals surface area (Å²) in [6.45, 7) is 12.0. The third kappa shape index (κ3) is 9.32. The van der Waals surface area contributed by atoms with Gasteiger partial charge in [0.2, 0.25) is 0 Å². The van der Waals surface area contributed by atoms with Crippen molar-refractivity contribution in [2.24, 2.45) is 0 Å². The lowest BCUT2D eigenvalue weighted by molar-refractivity contribution is -0.156. The number of nitrogens with zero attached hydrogens (tertiary/aromatic N) is 4. The molecule has 1 aromatic carbocycles. The van der Waals surface area contributed by atoms with Gasteiger partial charge < -0.3 is 29.0 Å². The van der Waals surface area contributed by atoms with Gasteiger partial charge in [-0.1, -0.05) is 30.3 Å². The molecular weight excluding hydrogens is 563 g/mol. The zero-order valence-electron chi connectivity index (χ0n) is 25.1. The molecule has 3 atom stereocenters. The van der Waals surface area contributed by atoms with Crippen LogP contribution in [0, 0.1) is 0 Å². The number of carbonyl (C=O) groups excluding carboxylic acids is 2. The number of hydrogen-bond donors (Lipinski definition) is 2. The lowest BCUT2D eigenvalue weighted by atomic mass is 10.1. The molecule has 0 aliphatic rings. The number of anilines is 1. The number of imidazole rings is 1. The van der Waals surface area contributed by atoms with Gasteiger partial charge >= 0.3 is 11.9 Å². The molecule has 0 fully saturated rings. The van der Waals surface area contributed by atoms with E-state index in [1.807, 2.05) is 30.3 Å². The van der Waals surface area contributed by atoms with E-state index >= 15 is 0 Å². The first-order valence-electron chi connectivity index (χ1n) is 13.7. The first-order valence-corrected chi connectivity index (χ1v) is 15.6. The standard InChI is InChI=1S/C28H41N6O7P/c1-18(2)39-26(35)22(13-21-11-9-8-10-12-21)41-42(37,33-28(6,7)27(36)40-19(3)4)17-38-20(5)14-34-16-32-23-24(29)30-15-31-25(23)34/h8-12,15-16,18-20,22H,13-14,17H2,1-7H3,(H,33,37)(H2,29,30,31)/t20-,22+,42?/m1/s1. The van der Waals surface area contributed by atoms with Crippen LogP contribution in [-0.4, -0.2) is 67.8 Å². The van der Waals surface area contributed by atoms with Crippen LogP contribution in [0.2, 0.25) is 0 Å². The van der Waals surface area contributed by atoms with Crippen molar-refractivity contribution in [3.63, 3.8) is 0 Å². The van der Waals surface area contributed by atoms with Gasteiger partial charge in [0.25, 0.3) is 7.52 Å². The normalized spacial score (nSPS) is 15.0. The van der Waals surface area contributed by atoms with Gasteiger partial charge in [-0.3, -0.25) is 9.36 Å². The summed E-state index contributed by atoms with van der Waals surface area (Å²) in [5.41, 5.74) is 6.20. The molecule has 0 radical (unpaired) electrons. The van der Waals surface area contributed by atoms with Gasteiger partial charge in [0.15, 0.2) is 17.6 Å². The summed E-state index contributed by atoms with van der Waals surface area (Å²) in [6.07, 6.45) is -0.0577. The second kappa shape index (κ2) is 14.2. The van der Waals surface area contributed by atoms with Crippen molar-refractivity contribution in [3.05, 3.63) is 48.5 Å². The summed E-state index contributed by atoms with van der Waals surface area (Å²) < 4.78 is 39.0. The SMILES string of the molecule is CC(C)OC(=O)[C@H](Cc1ccccc1)OP(=O)(CO[C@H](C)Cn1cnc2c(N)ncnc21)NC(C)(C)C(=O)OC(C)C. The average Bonchev–Trinajstić information content (AvgIpc) is 3.30. The van der Waals surface area contributed by atoms with E-state index in [-0.39, 0.29) is 18.8 Å². The van der Waals surface area contributed by atoms with Crippen molar-refractivity contribution in [1.29, 1.82) is 0 Å². The van der Waals surface area contributed by atoms with Crippen molar-refractivity contribution in [1.82, 2.24) is 24.6 Å². The molecule has 3 rings (SSSR count). The van der Waals surface area contributed by atoms with E-state index in [1.165, 1.54) is 20.2 Å². The summed E-state index contributed by atoms with van der Waals surface area (Å²) in [5.74, 6) is -1.07. The maximum atomic E-state index is 14.4.